The Bertz CT molecular complexity index is 885. The van der Waals surface area contributed by atoms with Crippen LogP contribution in [0.2, 0.25) is 0 Å². The number of amides is 2. The van der Waals surface area contributed by atoms with Crippen LogP contribution in [0.3, 0.4) is 0 Å². The van der Waals surface area contributed by atoms with Crippen LogP contribution in [-0.4, -0.2) is 45.2 Å². The lowest BCUT2D eigenvalue weighted by Crippen LogP contribution is -2.49. The summed E-state index contributed by atoms with van der Waals surface area (Å²) in [6.45, 7) is 5.93. The Kier molecular flexibility index (Phi) is 5.62. The third-order valence-corrected chi connectivity index (χ3v) is 4.86. The number of hydrogen-bond donors (Lipinski definition) is 2. The van der Waals surface area contributed by atoms with Gasteiger partial charge in [-0.15, -0.1) is 0 Å². The number of benzene rings is 1. The normalized spacial score (nSPS) is 20.6. The van der Waals surface area contributed by atoms with E-state index in [0.29, 0.717) is 29.9 Å². The second kappa shape index (κ2) is 7.95. The Morgan fingerprint density at radius 1 is 1.39 bits per heavy atom. The maximum atomic E-state index is 13.4. The van der Waals surface area contributed by atoms with Crippen molar-refractivity contribution < 1.29 is 23.6 Å². The highest BCUT2D eigenvalue weighted by molar-refractivity contribution is 5.77. The number of aromatic nitrogens is 2. The van der Waals surface area contributed by atoms with Gasteiger partial charge < -0.3 is 19.8 Å². The van der Waals surface area contributed by atoms with Gasteiger partial charge >= 0.3 is 12.0 Å². The Morgan fingerprint density at radius 2 is 2.14 bits per heavy atom. The summed E-state index contributed by atoms with van der Waals surface area (Å²) in [5, 5.41) is 15.9. The molecule has 2 N–H and O–H groups in total. The molecule has 1 saturated heterocycles. The summed E-state index contributed by atoms with van der Waals surface area (Å²) in [6, 6.07) is 3.58. The summed E-state index contributed by atoms with van der Waals surface area (Å²) in [7, 11) is 0. The second-order valence-electron chi connectivity index (χ2n) is 7.37. The fraction of sp³-hybridized carbons (Fsp3) is 0.474. The van der Waals surface area contributed by atoms with Gasteiger partial charge in [0.15, 0.2) is 0 Å². The number of rotatable bonds is 4. The number of likely N-dealkylation sites (tertiary alicyclic amines) is 1. The van der Waals surface area contributed by atoms with E-state index >= 15 is 0 Å². The maximum Gasteiger partial charge on any atom is 0.318 e. The molecule has 2 heterocycles. The minimum absolute atomic E-state index is 0.104. The van der Waals surface area contributed by atoms with E-state index in [1.807, 2.05) is 6.92 Å². The topological polar surface area (TPSA) is 109 Å². The lowest BCUT2D eigenvalue weighted by molar-refractivity contribution is -0.143. The number of halogens is 1. The van der Waals surface area contributed by atoms with Crippen molar-refractivity contribution >= 4 is 12.0 Å². The number of carbonyl (C=O) groups excluding carboxylic acids is 1. The molecule has 1 aliphatic rings. The summed E-state index contributed by atoms with van der Waals surface area (Å²) in [5.41, 5.74) is 1.08. The Morgan fingerprint density at radius 3 is 2.82 bits per heavy atom. The van der Waals surface area contributed by atoms with Crippen LogP contribution in [0.1, 0.15) is 37.8 Å². The quantitative estimate of drug-likeness (QED) is 0.831. The molecule has 2 amide bonds. The van der Waals surface area contributed by atoms with Crippen LogP contribution >= 0.6 is 0 Å². The molecular formula is C19H23FN4O4. The lowest BCUT2D eigenvalue weighted by atomic mass is 9.91. The van der Waals surface area contributed by atoms with E-state index in [-0.39, 0.29) is 30.2 Å². The van der Waals surface area contributed by atoms with Gasteiger partial charge in [-0.2, -0.15) is 4.98 Å². The van der Waals surface area contributed by atoms with Gasteiger partial charge in [0.25, 0.3) is 0 Å². The molecule has 9 heteroatoms. The number of piperidine rings is 1. The van der Waals surface area contributed by atoms with Crippen molar-refractivity contribution in [3.8, 4) is 11.4 Å². The van der Waals surface area contributed by atoms with Crippen LogP contribution in [0.15, 0.2) is 22.7 Å². The second-order valence-corrected chi connectivity index (χ2v) is 7.37. The highest BCUT2D eigenvalue weighted by Gasteiger charge is 2.32. The summed E-state index contributed by atoms with van der Waals surface area (Å²) in [5.74, 6) is -1.16. The first-order chi connectivity index (χ1) is 13.2. The Hall–Kier alpha value is -2.97. The van der Waals surface area contributed by atoms with Crippen LogP contribution in [-0.2, 0) is 4.79 Å². The van der Waals surface area contributed by atoms with Gasteiger partial charge in [-0.05, 0) is 49.9 Å². The zero-order valence-corrected chi connectivity index (χ0v) is 16.0. The van der Waals surface area contributed by atoms with Crippen LogP contribution in [0.25, 0.3) is 11.4 Å². The number of aryl methyl sites for hydroxylation is 1. The average molecular weight is 390 g/mol. The number of urea groups is 1. The first-order valence-electron chi connectivity index (χ1n) is 9.13. The summed E-state index contributed by atoms with van der Waals surface area (Å²) < 4.78 is 18.7. The average Bonchev–Trinajstić information content (AvgIpc) is 3.13. The summed E-state index contributed by atoms with van der Waals surface area (Å²) in [4.78, 5) is 29.6. The van der Waals surface area contributed by atoms with Crippen LogP contribution in [0, 0.1) is 24.6 Å². The predicted octanol–water partition coefficient (Wildman–Crippen LogP) is 3.00. The molecule has 0 radical (unpaired) electrons. The van der Waals surface area contributed by atoms with Gasteiger partial charge in [0.2, 0.25) is 11.7 Å². The molecule has 3 atom stereocenters. The van der Waals surface area contributed by atoms with E-state index in [1.165, 1.54) is 11.0 Å². The van der Waals surface area contributed by atoms with Crippen LogP contribution in [0.5, 0.6) is 0 Å². The molecule has 150 valence electrons. The van der Waals surface area contributed by atoms with Crippen molar-refractivity contribution in [2.24, 2.45) is 11.8 Å². The van der Waals surface area contributed by atoms with Gasteiger partial charge in [0.05, 0.1) is 5.92 Å². The van der Waals surface area contributed by atoms with E-state index < -0.39 is 17.9 Å². The first-order valence-corrected chi connectivity index (χ1v) is 9.13. The molecular weight excluding hydrogens is 367 g/mol. The number of carbonyl (C=O) groups is 2. The molecule has 0 bridgehead atoms. The molecule has 3 unspecified atom stereocenters. The number of aliphatic carboxylic acids is 1. The van der Waals surface area contributed by atoms with Gasteiger partial charge in [0, 0.05) is 18.7 Å². The number of nitrogens with one attached hydrogen (secondary N) is 1. The molecule has 0 aliphatic carbocycles. The molecule has 1 aromatic heterocycles. The predicted molar refractivity (Wildman–Crippen MR) is 97.9 cm³/mol. The third-order valence-electron chi connectivity index (χ3n) is 4.86. The molecule has 28 heavy (non-hydrogen) atoms. The highest BCUT2D eigenvalue weighted by atomic mass is 19.1. The van der Waals surface area contributed by atoms with Crippen LogP contribution < -0.4 is 5.32 Å². The van der Waals surface area contributed by atoms with E-state index in [1.54, 1.807) is 26.0 Å². The number of hydrogen-bond acceptors (Lipinski definition) is 5. The van der Waals surface area contributed by atoms with Crippen molar-refractivity contribution in [3.63, 3.8) is 0 Å². The first kappa shape index (κ1) is 19.8. The fourth-order valence-corrected chi connectivity index (χ4v) is 3.35. The van der Waals surface area contributed by atoms with E-state index in [4.69, 9.17) is 4.52 Å². The third kappa shape index (κ3) is 4.29. The smallest absolute Gasteiger partial charge is 0.318 e. The van der Waals surface area contributed by atoms with Gasteiger partial charge in [-0.3, -0.25) is 4.79 Å². The lowest BCUT2D eigenvalue weighted by Gasteiger charge is -2.35. The largest absolute Gasteiger partial charge is 0.481 e. The van der Waals surface area contributed by atoms with Crippen molar-refractivity contribution in [1.29, 1.82) is 0 Å². The minimum Gasteiger partial charge on any atom is -0.481 e. The summed E-state index contributed by atoms with van der Waals surface area (Å²) in [6.07, 6.45) is 0.554. The SMILES string of the molecule is Cc1cc(-c2noc(C(C)NC(=O)N3CC(C)CC(C(=O)O)C3)n2)ccc1F. The maximum absolute atomic E-state index is 13.4. The molecule has 1 fully saturated rings. The van der Waals surface area contributed by atoms with Crippen molar-refractivity contribution in [1.82, 2.24) is 20.4 Å². The van der Waals surface area contributed by atoms with Gasteiger partial charge in [0.1, 0.15) is 11.9 Å². The number of carboxylic acids is 1. The zero-order valence-electron chi connectivity index (χ0n) is 16.0. The molecule has 3 rings (SSSR count). The van der Waals surface area contributed by atoms with Crippen molar-refractivity contribution in [2.45, 2.75) is 33.2 Å². The van der Waals surface area contributed by atoms with Crippen LogP contribution in [0.4, 0.5) is 9.18 Å². The van der Waals surface area contributed by atoms with Crippen molar-refractivity contribution in [3.05, 3.63) is 35.5 Å². The minimum atomic E-state index is -0.895. The number of carboxylic acid groups (broad SMARTS) is 1. The fourth-order valence-electron chi connectivity index (χ4n) is 3.35. The van der Waals surface area contributed by atoms with Crippen molar-refractivity contribution in [2.75, 3.05) is 13.1 Å². The van der Waals surface area contributed by atoms with E-state index in [9.17, 15) is 19.1 Å². The molecule has 1 aliphatic heterocycles. The summed E-state index contributed by atoms with van der Waals surface area (Å²) >= 11 is 0. The molecule has 2 aromatic rings. The van der Waals surface area contributed by atoms with Gasteiger partial charge in [-0.25, -0.2) is 9.18 Å². The zero-order chi connectivity index (χ0) is 20.4. The van der Waals surface area contributed by atoms with E-state index in [2.05, 4.69) is 15.5 Å². The highest BCUT2D eigenvalue weighted by Crippen LogP contribution is 2.23. The monoisotopic (exact) mass is 390 g/mol. The Labute approximate surface area is 161 Å². The van der Waals surface area contributed by atoms with Gasteiger partial charge in [-0.1, -0.05) is 12.1 Å². The molecule has 1 aromatic carbocycles. The molecule has 0 saturated carbocycles. The molecule has 0 spiro atoms. The Balaban J connectivity index is 1.67. The number of nitrogens with zero attached hydrogens (tertiary/aromatic N) is 3. The molecule has 8 nitrogen and oxygen atoms in total. The van der Waals surface area contributed by atoms with E-state index in [0.717, 1.165) is 0 Å². The standard InChI is InChI=1S/C19H23FN4O4/c1-10-6-14(18(25)26)9-24(8-10)19(27)21-12(3)17-22-16(23-28-17)13-4-5-15(20)11(2)7-13/h4-5,7,10,12,14H,6,8-9H2,1-3H3,(H,21,27)(H,25,26).